The highest BCUT2D eigenvalue weighted by Crippen LogP contribution is 2.36. The molecule has 0 saturated carbocycles. The molecule has 0 unspecified atom stereocenters. The van der Waals surface area contributed by atoms with Crippen molar-refractivity contribution in [1.82, 2.24) is 5.32 Å². The van der Waals surface area contributed by atoms with E-state index in [1.807, 2.05) is 0 Å². The Bertz CT molecular complexity index is 816. The number of nitrogens with one attached hydrogen (secondary N) is 2. The lowest BCUT2D eigenvalue weighted by atomic mass is 9.74. The first-order valence-corrected chi connectivity index (χ1v) is 8.85. The number of halogens is 4. The zero-order valence-corrected chi connectivity index (χ0v) is 15.0. The summed E-state index contributed by atoms with van der Waals surface area (Å²) in [4.78, 5) is 12.3. The van der Waals surface area contributed by atoms with E-state index in [0.29, 0.717) is 26.1 Å². The molecule has 1 aliphatic heterocycles. The molecule has 28 heavy (non-hydrogen) atoms. The second-order valence-corrected chi connectivity index (χ2v) is 6.75. The summed E-state index contributed by atoms with van der Waals surface area (Å²) < 4.78 is 57.9. The third-order valence-corrected chi connectivity index (χ3v) is 4.97. The quantitative estimate of drug-likeness (QED) is 0.735. The number of amides is 2. The summed E-state index contributed by atoms with van der Waals surface area (Å²) >= 11 is 0. The molecule has 1 fully saturated rings. The van der Waals surface area contributed by atoms with Crippen molar-refractivity contribution in [2.75, 3.05) is 25.1 Å². The van der Waals surface area contributed by atoms with Crippen LogP contribution in [0.25, 0.3) is 0 Å². The fourth-order valence-corrected chi connectivity index (χ4v) is 3.39. The summed E-state index contributed by atoms with van der Waals surface area (Å²) in [6, 6.07) is 10.1. The van der Waals surface area contributed by atoms with Gasteiger partial charge in [0.05, 0.1) is 11.3 Å². The third kappa shape index (κ3) is 4.62. The molecule has 0 spiro atoms. The molecule has 3 rings (SSSR count). The standard InChI is InChI=1S/C20H20F4N2O2/c21-15-7-5-14(6-8-15)19(9-11-28-12-10-19)13-25-18(27)26-17-4-2-1-3-16(17)20(22,23)24/h1-8H,9-13H2,(H2,25,26,27). The number of para-hydroxylation sites is 1. The van der Waals surface area contributed by atoms with Gasteiger partial charge in [0, 0.05) is 25.2 Å². The minimum absolute atomic E-state index is 0.196. The molecular weight excluding hydrogens is 376 g/mol. The van der Waals surface area contributed by atoms with E-state index < -0.39 is 23.2 Å². The van der Waals surface area contributed by atoms with Crippen molar-refractivity contribution in [3.05, 3.63) is 65.5 Å². The SMILES string of the molecule is O=C(NCC1(c2ccc(F)cc2)CCOCC1)Nc1ccccc1C(F)(F)F. The molecule has 150 valence electrons. The normalized spacial score (nSPS) is 16.4. The predicted octanol–water partition coefficient (Wildman–Crippen LogP) is 4.71. The Morgan fingerprint density at radius 3 is 2.32 bits per heavy atom. The Labute approximate surface area is 159 Å². The highest BCUT2D eigenvalue weighted by atomic mass is 19.4. The van der Waals surface area contributed by atoms with Crippen LogP contribution in [0.5, 0.6) is 0 Å². The Kier molecular flexibility index (Phi) is 5.88. The van der Waals surface area contributed by atoms with Crippen molar-refractivity contribution in [3.8, 4) is 0 Å². The van der Waals surface area contributed by atoms with Crippen molar-refractivity contribution in [2.45, 2.75) is 24.4 Å². The number of alkyl halides is 3. The second kappa shape index (κ2) is 8.18. The fourth-order valence-electron chi connectivity index (χ4n) is 3.39. The Morgan fingerprint density at radius 1 is 1.04 bits per heavy atom. The van der Waals surface area contributed by atoms with E-state index >= 15 is 0 Å². The van der Waals surface area contributed by atoms with Crippen molar-refractivity contribution >= 4 is 11.7 Å². The molecule has 2 aromatic carbocycles. The molecule has 1 aliphatic rings. The van der Waals surface area contributed by atoms with Crippen molar-refractivity contribution in [2.24, 2.45) is 0 Å². The monoisotopic (exact) mass is 396 g/mol. The molecule has 8 heteroatoms. The van der Waals surface area contributed by atoms with Gasteiger partial charge in [0.15, 0.2) is 0 Å². The molecule has 2 amide bonds. The molecule has 0 radical (unpaired) electrons. The van der Waals surface area contributed by atoms with E-state index in [0.717, 1.165) is 11.6 Å². The van der Waals surface area contributed by atoms with Crippen LogP contribution in [0.2, 0.25) is 0 Å². The summed E-state index contributed by atoms with van der Waals surface area (Å²) in [7, 11) is 0. The van der Waals surface area contributed by atoms with Crippen LogP contribution >= 0.6 is 0 Å². The van der Waals surface area contributed by atoms with Gasteiger partial charge in [-0.05, 0) is 42.7 Å². The van der Waals surface area contributed by atoms with E-state index in [9.17, 15) is 22.4 Å². The summed E-state index contributed by atoms with van der Waals surface area (Å²) in [5, 5.41) is 4.94. The van der Waals surface area contributed by atoms with E-state index in [4.69, 9.17) is 4.74 Å². The molecule has 1 heterocycles. The highest BCUT2D eigenvalue weighted by Gasteiger charge is 2.36. The van der Waals surface area contributed by atoms with E-state index in [2.05, 4.69) is 10.6 Å². The van der Waals surface area contributed by atoms with Crippen molar-refractivity contribution in [3.63, 3.8) is 0 Å². The largest absolute Gasteiger partial charge is 0.418 e. The van der Waals surface area contributed by atoms with Gasteiger partial charge >= 0.3 is 12.2 Å². The molecule has 2 N–H and O–H groups in total. The van der Waals surface area contributed by atoms with Crippen LogP contribution in [0.15, 0.2) is 48.5 Å². The minimum Gasteiger partial charge on any atom is -0.381 e. The lowest BCUT2D eigenvalue weighted by Crippen LogP contribution is -2.45. The number of urea groups is 1. The van der Waals surface area contributed by atoms with Gasteiger partial charge in [-0.2, -0.15) is 13.2 Å². The first-order chi connectivity index (χ1) is 13.3. The molecule has 0 aliphatic carbocycles. The molecular formula is C20H20F4N2O2. The van der Waals surface area contributed by atoms with Crippen LogP contribution in [0.1, 0.15) is 24.0 Å². The number of anilines is 1. The molecule has 0 atom stereocenters. The molecule has 4 nitrogen and oxygen atoms in total. The topological polar surface area (TPSA) is 50.4 Å². The maximum atomic E-state index is 13.3. The summed E-state index contributed by atoms with van der Waals surface area (Å²) in [5.74, 6) is -0.361. The maximum absolute atomic E-state index is 13.3. The Hall–Kier alpha value is -2.61. The van der Waals surface area contributed by atoms with Crippen LogP contribution in [0.4, 0.5) is 28.0 Å². The zero-order valence-electron chi connectivity index (χ0n) is 15.0. The van der Waals surface area contributed by atoms with E-state index in [1.54, 1.807) is 12.1 Å². The number of carbonyl (C=O) groups is 1. The van der Waals surface area contributed by atoms with Crippen LogP contribution < -0.4 is 10.6 Å². The predicted molar refractivity (Wildman–Crippen MR) is 96.6 cm³/mol. The number of hydrogen-bond donors (Lipinski definition) is 2. The molecule has 0 aromatic heterocycles. The van der Waals surface area contributed by atoms with Gasteiger partial charge in [0.25, 0.3) is 0 Å². The first-order valence-electron chi connectivity index (χ1n) is 8.85. The van der Waals surface area contributed by atoms with Crippen molar-refractivity contribution in [1.29, 1.82) is 0 Å². The number of rotatable bonds is 4. The minimum atomic E-state index is -4.57. The van der Waals surface area contributed by atoms with Gasteiger partial charge in [-0.15, -0.1) is 0 Å². The average molecular weight is 396 g/mol. The van der Waals surface area contributed by atoms with Gasteiger partial charge < -0.3 is 15.4 Å². The summed E-state index contributed by atoms with van der Waals surface area (Å²) in [5.41, 5.74) is -0.833. The van der Waals surface area contributed by atoms with Crippen LogP contribution in [-0.4, -0.2) is 25.8 Å². The molecule has 2 aromatic rings. The number of carbonyl (C=O) groups excluding carboxylic acids is 1. The first kappa shape index (κ1) is 20.1. The number of ether oxygens (including phenoxy) is 1. The van der Waals surface area contributed by atoms with Gasteiger partial charge in [-0.25, -0.2) is 9.18 Å². The van der Waals surface area contributed by atoms with Gasteiger partial charge in [-0.3, -0.25) is 0 Å². The van der Waals surface area contributed by atoms with E-state index in [1.165, 1.54) is 30.3 Å². The maximum Gasteiger partial charge on any atom is 0.418 e. The van der Waals surface area contributed by atoms with Crippen LogP contribution in [0.3, 0.4) is 0 Å². The van der Waals surface area contributed by atoms with E-state index in [-0.39, 0.29) is 18.0 Å². The van der Waals surface area contributed by atoms with Crippen LogP contribution in [-0.2, 0) is 16.3 Å². The smallest absolute Gasteiger partial charge is 0.381 e. The molecule has 0 bridgehead atoms. The Morgan fingerprint density at radius 2 is 1.68 bits per heavy atom. The van der Waals surface area contributed by atoms with Crippen molar-refractivity contribution < 1.29 is 27.1 Å². The lowest BCUT2D eigenvalue weighted by Gasteiger charge is -2.38. The van der Waals surface area contributed by atoms with Gasteiger partial charge in [-0.1, -0.05) is 24.3 Å². The molecule has 1 saturated heterocycles. The number of benzene rings is 2. The summed E-state index contributed by atoms with van der Waals surface area (Å²) in [6.45, 7) is 1.16. The van der Waals surface area contributed by atoms with Crippen LogP contribution in [0, 0.1) is 5.82 Å². The fraction of sp³-hybridized carbons (Fsp3) is 0.350. The average Bonchev–Trinajstić information content (AvgIpc) is 2.67. The Balaban J connectivity index is 1.72. The lowest BCUT2D eigenvalue weighted by molar-refractivity contribution is -0.136. The third-order valence-electron chi connectivity index (χ3n) is 4.97. The highest BCUT2D eigenvalue weighted by molar-refractivity contribution is 5.90. The van der Waals surface area contributed by atoms with Gasteiger partial charge in [0.2, 0.25) is 0 Å². The second-order valence-electron chi connectivity index (χ2n) is 6.75. The summed E-state index contributed by atoms with van der Waals surface area (Å²) in [6.07, 6.45) is -3.35. The zero-order chi connectivity index (χ0) is 20.2. The van der Waals surface area contributed by atoms with Gasteiger partial charge in [0.1, 0.15) is 5.82 Å². The number of hydrogen-bond acceptors (Lipinski definition) is 2.